The Morgan fingerprint density at radius 2 is 1.71 bits per heavy atom. The third-order valence-electron chi connectivity index (χ3n) is 3.47. The monoisotopic (exact) mass is 234 g/mol. The number of hydrogen-bond acceptors (Lipinski definition) is 2. The smallest absolute Gasteiger partial charge is 0.0475 e. The van der Waals surface area contributed by atoms with Gasteiger partial charge in [-0.1, -0.05) is 38.1 Å². The third-order valence-corrected chi connectivity index (χ3v) is 3.47. The average molecular weight is 234 g/mol. The molecular weight excluding hydrogens is 208 g/mol. The number of nitrogens with one attached hydrogen (secondary N) is 1. The fourth-order valence-corrected chi connectivity index (χ4v) is 2.05. The van der Waals surface area contributed by atoms with Gasteiger partial charge in [0.1, 0.15) is 0 Å². The van der Waals surface area contributed by atoms with Crippen molar-refractivity contribution >= 4 is 0 Å². The van der Waals surface area contributed by atoms with Crippen molar-refractivity contribution < 1.29 is 0 Å². The van der Waals surface area contributed by atoms with Crippen LogP contribution in [-0.4, -0.2) is 31.6 Å². The van der Waals surface area contributed by atoms with Crippen LogP contribution in [-0.2, 0) is 6.42 Å². The van der Waals surface area contributed by atoms with Crippen LogP contribution in [0.2, 0.25) is 0 Å². The Kier molecular flexibility index (Phi) is 5.66. The van der Waals surface area contributed by atoms with Gasteiger partial charge in [0.15, 0.2) is 0 Å². The first kappa shape index (κ1) is 14.2. The number of rotatable bonds is 6. The molecule has 1 aromatic rings. The Morgan fingerprint density at radius 1 is 1.12 bits per heavy atom. The number of likely N-dealkylation sites (N-methyl/N-ethyl adjacent to an activating group) is 2. The minimum Gasteiger partial charge on any atom is -0.309 e. The van der Waals surface area contributed by atoms with Crippen molar-refractivity contribution in [2.24, 2.45) is 0 Å². The number of nitrogens with zero attached hydrogens (tertiary/aromatic N) is 1. The molecule has 0 aliphatic rings. The fourth-order valence-electron chi connectivity index (χ4n) is 2.05. The van der Waals surface area contributed by atoms with Crippen molar-refractivity contribution in [1.82, 2.24) is 10.2 Å². The molecule has 1 N–H and O–H groups in total. The molecule has 96 valence electrons. The summed E-state index contributed by atoms with van der Waals surface area (Å²) >= 11 is 0. The van der Waals surface area contributed by atoms with Gasteiger partial charge >= 0.3 is 0 Å². The Labute approximate surface area is 106 Å². The molecule has 0 saturated carbocycles. The maximum absolute atomic E-state index is 3.58. The number of benzene rings is 1. The van der Waals surface area contributed by atoms with E-state index in [9.17, 15) is 0 Å². The van der Waals surface area contributed by atoms with Gasteiger partial charge in [0.25, 0.3) is 0 Å². The summed E-state index contributed by atoms with van der Waals surface area (Å²) in [4.78, 5) is 2.26. The Balaban J connectivity index is 2.88. The third kappa shape index (κ3) is 3.83. The van der Waals surface area contributed by atoms with Crippen LogP contribution < -0.4 is 5.32 Å². The molecule has 0 amide bonds. The zero-order valence-electron chi connectivity index (χ0n) is 11.8. The van der Waals surface area contributed by atoms with Crippen LogP contribution in [0.15, 0.2) is 24.3 Å². The van der Waals surface area contributed by atoms with Crippen molar-refractivity contribution in [3.63, 3.8) is 0 Å². The Bertz CT molecular complexity index is 316. The minimum absolute atomic E-state index is 0.404. The summed E-state index contributed by atoms with van der Waals surface area (Å²) in [6, 6.07) is 9.88. The summed E-state index contributed by atoms with van der Waals surface area (Å²) in [5, 5.41) is 3.58. The molecule has 17 heavy (non-hydrogen) atoms. The zero-order chi connectivity index (χ0) is 12.8. The maximum Gasteiger partial charge on any atom is 0.0475 e. The van der Waals surface area contributed by atoms with Crippen molar-refractivity contribution in [1.29, 1.82) is 0 Å². The summed E-state index contributed by atoms with van der Waals surface area (Å²) in [7, 11) is 4.27. The molecule has 0 aliphatic heterocycles. The fraction of sp³-hybridized carbons (Fsp3) is 0.600. The molecule has 0 bridgehead atoms. The average Bonchev–Trinajstić information content (AvgIpc) is 2.35. The molecule has 0 heterocycles. The van der Waals surface area contributed by atoms with E-state index >= 15 is 0 Å². The molecule has 1 aromatic carbocycles. The first-order valence-electron chi connectivity index (χ1n) is 6.58. The maximum atomic E-state index is 3.58. The molecule has 2 atom stereocenters. The van der Waals surface area contributed by atoms with Crippen LogP contribution in [0.5, 0.6) is 0 Å². The van der Waals surface area contributed by atoms with Gasteiger partial charge in [-0.25, -0.2) is 0 Å². The van der Waals surface area contributed by atoms with Gasteiger partial charge in [-0.05, 0) is 45.1 Å². The van der Waals surface area contributed by atoms with Crippen LogP contribution >= 0.6 is 0 Å². The molecule has 2 nitrogen and oxygen atoms in total. The Morgan fingerprint density at radius 3 is 2.12 bits per heavy atom. The SMILES string of the molecule is CCNC(c1ccc(CC)cc1)C(C)N(C)C. The van der Waals surface area contributed by atoms with E-state index in [-0.39, 0.29) is 0 Å². The van der Waals surface area contributed by atoms with Gasteiger partial charge < -0.3 is 10.2 Å². The molecular formula is C15H26N2. The van der Waals surface area contributed by atoms with E-state index in [1.807, 2.05) is 0 Å². The number of hydrogen-bond donors (Lipinski definition) is 1. The molecule has 0 aromatic heterocycles. The normalized spacial score (nSPS) is 14.9. The van der Waals surface area contributed by atoms with Gasteiger partial charge in [0.2, 0.25) is 0 Å². The zero-order valence-corrected chi connectivity index (χ0v) is 11.8. The lowest BCUT2D eigenvalue weighted by Crippen LogP contribution is -2.39. The molecule has 0 aliphatic carbocycles. The summed E-state index contributed by atoms with van der Waals surface area (Å²) in [6.45, 7) is 7.62. The largest absolute Gasteiger partial charge is 0.309 e. The highest BCUT2D eigenvalue weighted by molar-refractivity contribution is 5.26. The van der Waals surface area contributed by atoms with E-state index in [4.69, 9.17) is 0 Å². The van der Waals surface area contributed by atoms with Gasteiger partial charge in [0, 0.05) is 12.1 Å². The van der Waals surface area contributed by atoms with Gasteiger partial charge in [-0.2, -0.15) is 0 Å². The van der Waals surface area contributed by atoms with Crippen molar-refractivity contribution in [2.45, 2.75) is 39.3 Å². The summed E-state index contributed by atoms with van der Waals surface area (Å²) in [5.41, 5.74) is 2.78. The molecule has 0 fully saturated rings. The van der Waals surface area contributed by atoms with Crippen LogP contribution in [0.4, 0.5) is 0 Å². The molecule has 0 saturated heterocycles. The predicted octanol–water partition coefficient (Wildman–Crippen LogP) is 2.85. The lowest BCUT2D eigenvalue weighted by molar-refractivity contribution is 0.249. The molecule has 0 radical (unpaired) electrons. The molecule has 0 spiro atoms. The minimum atomic E-state index is 0.404. The van der Waals surface area contributed by atoms with E-state index < -0.39 is 0 Å². The summed E-state index contributed by atoms with van der Waals surface area (Å²) < 4.78 is 0. The van der Waals surface area contributed by atoms with Crippen molar-refractivity contribution in [3.05, 3.63) is 35.4 Å². The van der Waals surface area contributed by atoms with E-state index in [2.05, 4.69) is 69.3 Å². The summed E-state index contributed by atoms with van der Waals surface area (Å²) in [6.07, 6.45) is 1.11. The first-order valence-corrected chi connectivity index (χ1v) is 6.58. The lowest BCUT2D eigenvalue weighted by Gasteiger charge is -2.30. The second-order valence-corrected chi connectivity index (χ2v) is 4.83. The van der Waals surface area contributed by atoms with Crippen LogP contribution in [0.25, 0.3) is 0 Å². The van der Waals surface area contributed by atoms with Crippen molar-refractivity contribution in [3.8, 4) is 0 Å². The van der Waals surface area contributed by atoms with Gasteiger partial charge in [-0.3, -0.25) is 0 Å². The highest BCUT2D eigenvalue weighted by atomic mass is 15.1. The second-order valence-electron chi connectivity index (χ2n) is 4.83. The van der Waals surface area contributed by atoms with Gasteiger partial charge in [-0.15, -0.1) is 0 Å². The topological polar surface area (TPSA) is 15.3 Å². The molecule has 2 unspecified atom stereocenters. The van der Waals surface area contributed by atoms with Crippen LogP contribution in [0.3, 0.4) is 0 Å². The predicted molar refractivity (Wildman–Crippen MR) is 75.4 cm³/mol. The molecule has 2 heteroatoms. The van der Waals surface area contributed by atoms with Crippen LogP contribution in [0.1, 0.15) is 37.9 Å². The number of aryl methyl sites for hydroxylation is 1. The molecule has 1 rings (SSSR count). The quantitative estimate of drug-likeness (QED) is 0.814. The first-order chi connectivity index (χ1) is 8.10. The lowest BCUT2D eigenvalue weighted by atomic mass is 9.98. The van der Waals surface area contributed by atoms with E-state index in [0.29, 0.717) is 12.1 Å². The highest BCUT2D eigenvalue weighted by Crippen LogP contribution is 2.20. The van der Waals surface area contributed by atoms with E-state index in [1.54, 1.807) is 0 Å². The van der Waals surface area contributed by atoms with Gasteiger partial charge in [0.05, 0.1) is 0 Å². The standard InChI is InChI=1S/C15H26N2/c1-6-13-8-10-14(11-9-13)15(16-7-2)12(3)17(4)5/h8-12,15-16H,6-7H2,1-5H3. The Hall–Kier alpha value is -0.860. The van der Waals surface area contributed by atoms with E-state index in [1.165, 1.54) is 11.1 Å². The van der Waals surface area contributed by atoms with E-state index in [0.717, 1.165) is 13.0 Å². The second kappa shape index (κ2) is 6.77. The van der Waals surface area contributed by atoms with Crippen LogP contribution in [0, 0.1) is 0 Å². The highest BCUT2D eigenvalue weighted by Gasteiger charge is 2.19. The summed E-state index contributed by atoms with van der Waals surface area (Å²) in [5.74, 6) is 0. The van der Waals surface area contributed by atoms with Crippen molar-refractivity contribution in [2.75, 3.05) is 20.6 Å².